The molecule has 1 saturated heterocycles. The van der Waals surface area contributed by atoms with Crippen molar-refractivity contribution in [3.8, 4) is 0 Å². The van der Waals surface area contributed by atoms with Crippen molar-refractivity contribution in [3.63, 3.8) is 0 Å². The minimum Gasteiger partial charge on any atom is -0.350 e. The van der Waals surface area contributed by atoms with Gasteiger partial charge in [0.2, 0.25) is 0 Å². The van der Waals surface area contributed by atoms with E-state index in [0.29, 0.717) is 11.6 Å². The van der Waals surface area contributed by atoms with Crippen LogP contribution in [-0.2, 0) is 13.6 Å². The first-order valence-corrected chi connectivity index (χ1v) is 8.73. The average molecular weight is 326 g/mol. The third-order valence-corrected chi connectivity index (χ3v) is 4.59. The van der Waals surface area contributed by atoms with Crippen LogP contribution in [0, 0.1) is 5.92 Å². The fraction of sp³-hybridized carbons (Fsp3) is 0.474. The molecule has 0 spiro atoms. The van der Waals surface area contributed by atoms with Crippen LogP contribution in [0.4, 0.5) is 0 Å². The molecule has 24 heavy (non-hydrogen) atoms. The van der Waals surface area contributed by atoms with Crippen molar-refractivity contribution < 1.29 is 4.79 Å². The van der Waals surface area contributed by atoms with Crippen LogP contribution < -0.4 is 5.32 Å². The lowest BCUT2D eigenvalue weighted by molar-refractivity contribution is 0.0938. The minimum atomic E-state index is -0.0746. The molecule has 128 valence electrons. The number of aromatic nitrogens is 2. The molecule has 1 atom stereocenters. The summed E-state index contributed by atoms with van der Waals surface area (Å²) < 4.78 is 1.79. The zero-order valence-corrected chi connectivity index (χ0v) is 14.3. The SMILES string of the molecule is Cn1cnc(C(=O)NCC2CCCCN(Cc3ccccc3)C2)c1. The van der Waals surface area contributed by atoms with Gasteiger partial charge in [-0.1, -0.05) is 36.8 Å². The highest BCUT2D eigenvalue weighted by Crippen LogP contribution is 2.18. The predicted molar refractivity (Wildman–Crippen MR) is 94.6 cm³/mol. The van der Waals surface area contributed by atoms with Gasteiger partial charge >= 0.3 is 0 Å². The molecule has 5 heteroatoms. The molecule has 1 aromatic carbocycles. The largest absolute Gasteiger partial charge is 0.350 e. The Balaban J connectivity index is 1.52. The van der Waals surface area contributed by atoms with E-state index in [9.17, 15) is 4.79 Å². The quantitative estimate of drug-likeness (QED) is 0.918. The molecule has 1 aliphatic heterocycles. The smallest absolute Gasteiger partial charge is 0.271 e. The van der Waals surface area contributed by atoms with Gasteiger partial charge in [0.25, 0.3) is 5.91 Å². The molecule has 1 amide bonds. The number of likely N-dealkylation sites (tertiary alicyclic amines) is 1. The van der Waals surface area contributed by atoms with Crippen LogP contribution in [0.3, 0.4) is 0 Å². The predicted octanol–water partition coefficient (Wildman–Crippen LogP) is 2.45. The zero-order valence-electron chi connectivity index (χ0n) is 14.3. The van der Waals surface area contributed by atoms with Crippen molar-refractivity contribution in [2.24, 2.45) is 13.0 Å². The monoisotopic (exact) mass is 326 g/mol. The number of nitrogens with one attached hydrogen (secondary N) is 1. The van der Waals surface area contributed by atoms with Gasteiger partial charge in [0.15, 0.2) is 0 Å². The van der Waals surface area contributed by atoms with E-state index in [4.69, 9.17) is 0 Å². The van der Waals surface area contributed by atoms with Crippen molar-refractivity contribution in [2.45, 2.75) is 25.8 Å². The van der Waals surface area contributed by atoms with Crippen LogP contribution in [0.15, 0.2) is 42.9 Å². The zero-order chi connectivity index (χ0) is 16.8. The third kappa shape index (κ3) is 4.68. The number of benzene rings is 1. The molecule has 1 aliphatic rings. The van der Waals surface area contributed by atoms with E-state index in [-0.39, 0.29) is 5.91 Å². The summed E-state index contributed by atoms with van der Waals surface area (Å²) in [7, 11) is 1.87. The van der Waals surface area contributed by atoms with Crippen LogP contribution in [0.25, 0.3) is 0 Å². The lowest BCUT2D eigenvalue weighted by atomic mass is 10.0. The fourth-order valence-corrected chi connectivity index (χ4v) is 3.33. The molecule has 2 aromatic rings. The first-order valence-electron chi connectivity index (χ1n) is 8.73. The van der Waals surface area contributed by atoms with E-state index in [1.165, 1.54) is 24.8 Å². The summed E-state index contributed by atoms with van der Waals surface area (Å²) in [6.07, 6.45) is 7.05. The molecular formula is C19H26N4O. The van der Waals surface area contributed by atoms with Gasteiger partial charge in [-0.3, -0.25) is 9.69 Å². The Morgan fingerprint density at radius 3 is 2.88 bits per heavy atom. The highest BCUT2D eigenvalue weighted by atomic mass is 16.1. The van der Waals surface area contributed by atoms with Crippen molar-refractivity contribution in [1.82, 2.24) is 19.8 Å². The van der Waals surface area contributed by atoms with Gasteiger partial charge < -0.3 is 9.88 Å². The number of hydrogen-bond donors (Lipinski definition) is 1. The van der Waals surface area contributed by atoms with E-state index in [1.54, 1.807) is 17.1 Å². The second-order valence-corrected chi connectivity index (χ2v) is 6.72. The molecule has 1 fully saturated rings. The first-order chi connectivity index (χ1) is 11.7. The standard InChI is InChI=1S/C19H26N4O/c1-22-14-18(21-15-22)19(24)20-11-17-9-5-6-10-23(13-17)12-16-7-3-2-4-8-16/h2-4,7-8,14-15,17H,5-6,9-13H2,1H3,(H,20,24). The number of carbonyl (C=O) groups is 1. The van der Waals surface area contributed by atoms with Crippen molar-refractivity contribution in [3.05, 3.63) is 54.1 Å². The van der Waals surface area contributed by atoms with Gasteiger partial charge in [0.1, 0.15) is 5.69 Å². The number of rotatable bonds is 5. The lowest BCUT2D eigenvalue weighted by Gasteiger charge is -2.24. The highest BCUT2D eigenvalue weighted by molar-refractivity contribution is 5.91. The fourth-order valence-electron chi connectivity index (χ4n) is 3.33. The molecule has 0 saturated carbocycles. The molecule has 1 N–H and O–H groups in total. The van der Waals surface area contributed by atoms with Crippen LogP contribution in [-0.4, -0.2) is 40.0 Å². The second kappa shape index (κ2) is 8.11. The maximum atomic E-state index is 12.2. The lowest BCUT2D eigenvalue weighted by Crippen LogP contribution is -2.35. The number of amides is 1. The molecule has 3 rings (SSSR count). The van der Waals surface area contributed by atoms with E-state index in [0.717, 1.165) is 26.2 Å². The van der Waals surface area contributed by atoms with E-state index in [2.05, 4.69) is 45.5 Å². The maximum Gasteiger partial charge on any atom is 0.271 e. The maximum absolute atomic E-state index is 12.2. The van der Waals surface area contributed by atoms with Crippen LogP contribution in [0.1, 0.15) is 35.3 Å². The van der Waals surface area contributed by atoms with Crippen LogP contribution >= 0.6 is 0 Å². The summed E-state index contributed by atoms with van der Waals surface area (Å²) in [4.78, 5) is 18.8. The normalized spacial score (nSPS) is 19.0. The summed E-state index contributed by atoms with van der Waals surface area (Å²) >= 11 is 0. The summed E-state index contributed by atoms with van der Waals surface area (Å²) in [6, 6.07) is 10.6. The van der Waals surface area contributed by atoms with Gasteiger partial charge in [0, 0.05) is 32.9 Å². The molecule has 5 nitrogen and oxygen atoms in total. The Morgan fingerprint density at radius 1 is 1.29 bits per heavy atom. The van der Waals surface area contributed by atoms with Gasteiger partial charge in [-0.05, 0) is 30.9 Å². The van der Waals surface area contributed by atoms with Crippen molar-refractivity contribution in [2.75, 3.05) is 19.6 Å². The average Bonchev–Trinajstić information content (AvgIpc) is 2.90. The molecule has 1 unspecified atom stereocenters. The number of hydrogen-bond acceptors (Lipinski definition) is 3. The molecule has 2 heterocycles. The van der Waals surface area contributed by atoms with Gasteiger partial charge in [-0.15, -0.1) is 0 Å². The molecule has 0 radical (unpaired) electrons. The van der Waals surface area contributed by atoms with E-state index >= 15 is 0 Å². The minimum absolute atomic E-state index is 0.0746. The molecular weight excluding hydrogens is 300 g/mol. The third-order valence-electron chi connectivity index (χ3n) is 4.59. The summed E-state index contributed by atoms with van der Waals surface area (Å²) in [5.74, 6) is 0.429. The number of carbonyl (C=O) groups excluding carboxylic acids is 1. The Kier molecular flexibility index (Phi) is 5.64. The first kappa shape index (κ1) is 16.7. The number of nitrogens with zero attached hydrogens (tertiary/aromatic N) is 3. The highest BCUT2D eigenvalue weighted by Gasteiger charge is 2.19. The molecule has 1 aromatic heterocycles. The van der Waals surface area contributed by atoms with Crippen LogP contribution in [0.5, 0.6) is 0 Å². The number of imidazole rings is 1. The van der Waals surface area contributed by atoms with E-state index in [1.807, 2.05) is 7.05 Å². The summed E-state index contributed by atoms with van der Waals surface area (Å²) in [5.41, 5.74) is 1.85. The van der Waals surface area contributed by atoms with Gasteiger partial charge in [-0.2, -0.15) is 0 Å². The molecule has 0 bridgehead atoms. The van der Waals surface area contributed by atoms with Crippen LogP contribution in [0.2, 0.25) is 0 Å². The number of aryl methyl sites for hydroxylation is 1. The van der Waals surface area contributed by atoms with Crippen molar-refractivity contribution in [1.29, 1.82) is 0 Å². The summed E-state index contributed by atoms with van der Waals surface area (Å²) in [6.45, 7) is 3.89. The van der Waals surface area contributed by atoms with E-state index < -0.39 is 0 Å². The molecule has 0 aliphatic carbocycles. The Labute approximate surface area is 143 Å². The second-order valence-electron chi connectivity index (χ2n) is 6.72. The Bertz CT molecular complexity index is 652. The Hall–Kier alpha value is -2.14. The summed E-state index contributed by atoms with van der Waals surface area (Å²) in [5, 5.41) is 3.05. The Morgan fingerprint density at radius 2 is 2.12 bits per heavy atom. The topological polar surface area (TPSA) is 50.2 Å². The van der Waals surface area contributed by atoms with Crippen molar-refractivity contribution >= 4 is 5.91 Å². The van der Waals surface area contributed by atoms with Gasteiger partial charge in [-0.25, -0.2) is 4.98 Å². The van der Waals surface area contributed by atoms with Gasteiger partial charge in [0.05, 0.1) is 6.33 Å².